The average Bonchev–Trinajstić information content (AvgIpc) is 3.16. The maximum absolute atomic E-state index is 12.8. The monoisotopic (exact) mass is 356 g/mol. The van der Waals surface area contributed by atoms with Crippen LogP contribution < -0.4 is 5.32 Å². The van der Waals surface area contributed by atoms with Gasteiger partial charge in [0.05, 0.1) is 4.88 Å². The second kappa shape index (κ2) is 7.83. The van der Waals surface area contributed by atoms with Crippen molar-refractivity contribution in [2.75, 3.05) is 11.9 Å². The number of benzene rings is 1. The molecule has 5 heteroatoms. The number of thiophene rings is 1. The van der Waals surface area contributed by atoms with Crippen LogP contribution in [0.4, 0.5) is 5.69 Å². The smallest absolute Gasteiger partial charge is 0.264 e. The van der Waals surface area contributed by atoms with Gasteiger partial charge in [0.2, 0.25) is 5.91 Å². The first-order chi connectivity index (χ1) is 12.1. The zero-order chi connectivity index (χ0) is 17.8. The summed E-state index contributed by atoms with van der Waals surface area (Å²) in [6.45, 7) is 4.90. The number of nitrogens with one attached hydrogen (secondary N) is 1. The van der Waals surface area contributed by atoms with Crippen molar-refractivity contribution in [2.45, 2.75) is 45.1 Å². The molecule has 25 heavy (non-hydrogen) atoms. The molecule has 0 bridgehead atoms. The van der Waals surface area contributed by atoms with Gasteiger partial charge in [-0.2, -0.15) is 0 Å². The average molecular weight is 356 g/mol. The molecule has 0 radical (unpaired) electrons. The van der Waals surface area contributed by atoms with Crippen LogP contribution in [0.2, 0.25) is 0 Å². The molecule has 132 valence electrons. The Balaban J connectivity index is 1.75. The summed E-state index contributed by atoms with van der Waals surface area (Å²) in [4.78, 5) is 28.0. The summed E-state index contributed by atoms with van der Waals surface area (Å²) in [5.74, 6) is 0.278. The lowest BCUT2D eigenvalue weighted by Gasteiger charge is -2.34. The third-order valence-electron chi connectivity index (χ3n) is 4.62. The van der Waals surface area contributed by atoms with Gasteiger partial charge in [-0.25, -0.2) is 0 Å². The predicted molar refractivity (Wildman–Crippen MR) is 102 cm³/mol. The van der Waals surface area contributed by atoms with Crippen LogP contribution in [0.25, 0.3) is 0 Å². The number of piperidine rings is 1. The molecule has 1 N–H and O–H groups in total. The van der Waals surface area contributed by atoms with Crippen LogP contribution in [-0.4, -0.2) is 29.3 Å². The number of likely N-dealkylation sites (tertiary alicyclic amines) is 1. The van der Waals surface area contributed by atoms with Gasteiger partial charge < -0.3 is 10.2 Å². The van der Waals surface area contributed by atoms with Crippen LogP contribution >= 0.6 is 11.3 Å². The van der Waals surface area contributed by atoms with E-state index in [0.29, 0.717) is 23.8 Å². The minimum absolute atomic E-state index is 0.0363. The molecule has 0 spiro atoms. The van der Waals surface area contributed by atoms with Crippen molar-refractivity contribution in [1.29, 1.82) is 0 Å². The Morgan fingerprint density at radius 1 is 1.20 bits per heavy atom. The number of hydrogen-bond acceptors (Lipinski definition) is 3. The Morgan fingerprint density at radius 2 is 2.04 bits per heavy atom. The number of rotatable bonds is 4. The van der Waals surface area contributed by atoms with E-state index < -0.39 is 6.04 Å². The molecule has 4 nitrogen and oxygen atoms in total. The van der Waals surface area contributed by atoms with Gasteiger partial charge in [-0.3, -0.25) is 9.59 Å². The fourth-order valence-electron chi connectivity index (χ4n) is 3.19. The highest BCUT2D eigenvalue weighted by atomic mass is 32.1. The van der Waals surface area contributed by atoms with Crippen molar-refractivity contribution in [3.63, 3.8) is 0 Å². The summed E-state index contributed by atoms with van der Waals surface area (Å²) in [6.07, 6.45) is 2.63. The quantitative estimate of drug-likeness (QED) is 0.876. The highest BCUT2D eigenvalue weighted by Gasteiger charge is 2.33. The summed E-state index contributed by atoms with van der Waals surface area (Å²) in [5, 5.41) is 4.90. The van der Waals surface area contributed by atoms with Gasteiger partial charge in [0.1, 0.15) is 6.04 Å². The summed E-state index contributed by atoms with van der Waals surface area (Å²) in [5.41, 5.74) is 1.98. The molecule has 0 aliphatic carbocycles. The topological polar surface area (TPSA) is 49.4 Å². The Hall–Kier alpha value is -2.14. The van der Waals surface area contributed by atoms with Gasteiger partial charge >= 0.3 is 0 Å². The van der Waals surface area contributed by atoms with E-state index in [-0.39, 0.29) is 11.8 Å². The molecule has 2 heterocycles. The van der Waals surface area contributed by atoms with Crippen molar-refractivity contribution in [3.05, 3.63) is 52.2 Å². The molecular formula is C20H24N2O2S. The number of carbonyl (C=O) groups is 2. The van der Waals surface area contributed by atoms with E-state index in [1.54, 1.807) is 4.90 Å². The molecule has 1 aromatic heterocycles. The molecule has 1 aliphatic heterocycles. The van der Waals surface area contributed by atoms with Crippen LogP contribution in [0, 0.1) is 0 Å². The number of carbonyl (C=O) groups excluding carboxylic acids is 2. The van der Waals surface area contributed by atoms with Gasteiger partial charge in [-0.1, -0.05) is 32.0 Å². The van der Waals surface area contributed by atoms with Crippen LogP contribution in [-0.2, 0) is 4.79 Å². The van der Waals surface area contributed by atoms with Gasteiger partial charge in [-0.15, -0.1) is 11.3 Å². The Kier molecular flexibility index (Phi) is 5.53. The first-order valence-electron chi connectivity index (χ1n) is 8.81. The van der Waals surface area contributed by atoms with Crippen molar-refractivity contribution in [3.8, 4) is 0 Å². The van der Waals surface area contributed by atoms with E-state index in [1.165, 1.54) is 16.9 Å². The lowest BCUT2D eigenvalue weighted by atomic mass is 10.00. The van der Waals surface area contributed by atoms with E-state index in [9.17, 15) is 9.59 Å². The van der Waals surface area contributed by atoms with Crippen molar-refractivity contribution in [1.82, 2.24) is 4.90 Å². The lowest BCUT2D eigenvalue weighted by molar-refractivity contribution is -0.121. The van der Waals surface area contributed by atoms with Crippen LogP contribution in [0.15, 0.2) is 41.8 Å². The molecule has 0 saturated carbocycles. The minimum atomic E-state index is -0.397. The van der Waals surface area contributed by atoms with Gasteiger partial charge in [0.15, 0.2) is 0 Å². The Labute approximate surface area is 152 Å². The van der Waals surface area contributed by atoms with Crippen molar-refractivity contribution < 1.29 is 9.59 Å². The number of amides is 2. The molecule has 1 saturated heterocycles. The van der Waals surface area contributed by atoms with Crippen LogP contribution in [0.5, 0.6) is 0 Å². The van der Waals surface area contributed by atoms with Gasteiger partial charge in [-0.05, 0) is 54.3 Å². The maximum Gasteiger partial charge on any atom is 0.264 e. The molecular weight excluding hydrogens is 332 g/mol. The molecule has 1 atom stereocenters. The lowest BCUT2D eigenvalue weighted by Crippen LogP contribution is -2.49. The SMILES string of the molecule is CC(C)c1cccc(NC(=O)C2CCCCN2C(=O)c2cccs2)c1. The van der Waals surface area contributed by atoms with E-state index in [4.69, 9.17) is 0 Å². The highest BCUT2D eigenvalue weighted by Crippen LogP contribution is 2.24. The zero-order valence-electron chi connectivity index (χ0n) is 14.7. The Morgan fingerprint density at radius 3 is 2.76 bits per heavy atom. The van der Waals surface area contributed by atoms with Gasteiger partial charge in [0.25, 0.3) is 5.91 Å². The molecule has 1 unspecified atom stereocenters. The summed E-state index contributed by atoms with van der Waals surface area (Å²) >= 11 is 1.42. The van der Waals surface area contributed by atoms with E-state index >= 15 is 0 Å². The molecule has 1 fully saturated rings. The number of anilines is 1. The van der Waals surface area contributed by atoms with Crippen LogP contribution in [0.3, 0.4) is 0 Å². The summed E-state index contributed by atoms with van der Waals surface area (Å²) < 4.78 is 0. The predicted octanol–water partition coefficient (Wildman–Crippen LogP) is 4.50. The molecule has 1 aliphatic rings. The fraction of sp³-hybridized carbons (Fsp3) is 0.400. The molecule has 1 aromatic carbocycles. The largest absolute Gasteiger partial charge is 0.326 e. The fourth-order valence-corrected chi connectivity index (χ4v) is 3.87. The third-order valence-corrected chi connectivity index (χ3v) is 5.48. The number of nitrogens with zero attached hydrogens (tertiary/aromatic N) is 1. The van der Waals surface area contributed by atoms with E-state index in [2.05, 4.69) is 25.2 Å². The molecule has 3 rings (SSSR count). The number of hydrogen-bond donors (Lipinski definition) is 1. The summed E-state index contributed by atoms with van der Waals surface area (Å²) in [7, 11) is 0. The minimum Gasteiger partial charge on any atom is -0.326 e. The van der Waals surface area contributed by atoms with Crippen LogP contribution in [0.1, 0.15) is 54.3 Å². The first-order valence-corrected chi connectivity index (χ1v) is 9.69. The first kappa shape index (κ1) is 17.7. The van der Waals surface area contributed by atoms with Crippen molar-refractivity contribution >= 4 is 28.8 Å². The van der Waals surface area contributed by atoms with E-state index in [0.717, 1.165) is 18.5 Å². The standard InChI is InChI=1S/C20H24N2O2S/c1-14(2)15-7-5-8-16(13-15)21-19(23)17-9-3-4-11-22(17)20(24)18-10-6-12-25-18/h5-8,10,12-14,17H,3-4,9,11H2,1-2H3,(H,21,23). The second-order valence-corrected chi connectivity index (χ2v) is 7.70. The molecule has 2 aromatic rings. The maximum atomic E-state index is 12.8. The molecule has 2 amide bonds. The van der Waals surface area contributed by atoms with Gasteiger partial charge in [0, 0.05) is 12.2 Å². The highest BCUT2D eigenvalue weighted by molar-refractivity contribution is 7.12. The zero-order valence-corrected chi connectivity index (χ0v) is 15.5. The van der Waals surface area contributed by atoms with Crippen molar-refractivity contribution in [2.24, 2.45) is 0 Å². The van der Waals surface area contributed by atoms with E-state index in [1.807, 2.05) is 35.7 Å². The second-order valence-electron chi connectivity index (χ2n) is 6.76. The summed E-state index contributed by atoms with van der Waals surface area (Å²) in [6, 6.07) is 11.2. The Bertz CT molecular complexity index is 740. The third kappa shape index (κ3) is 4.10. The normalized spacial score (nSPS) is 17.6.